The van der Waals surface area contributed by atoms with Crippen molar-refractivity contribution in [1.29, 1.82) is 0 Å². The van der Waals surface area contributed by atoms with Crippen LogP contribution >= 0.6 is 0 Å². The van der Waals surface area contributed by atoms with Crippen molar-refractivity contribution in [3.63, 3.8) is 0 Å². The smallest absolute Gasteiger partial charge is 0.408 e. The summed E-state index contributed by atoms with van der Waals surface area (Å²) in [6.45, 7) is 13.9. The van der Waals surface area contributed by atoms with Crippen molar-refractivity contribution < 1.29 is 28.7 Å². The predicted octanol–water partition coefficient (Wildman–Crippen LogP) is 2.93. The molecule has 1 rings (SSSR count). The van der Waals surface area contributed by atoms with Gasteiger partial charge in [-0.25, -0.2) is 4.79 Å². The van der Waals surface area contributed by atoms with E-state index in [1.165, 1.54) is 0 Å². The van der Waals surface area contributed by atoms with E-state index in [-0.39, 0.29) is 19.1 Å². The molecule has 0 aliphatic heterocycles. The molecule has 9 nitrogen and oxygen atoms in total. The third-order valence-corrected chi connectivity index (χ3v) is 4.68. The van der Waals surface area contributed by atoms with Crippen LogP contribution in [-0.2, 0) is 30.5 Å². The van der Waals surface area contributed by atoms with Gasteiger partial charge in [0.1, 0.15) is 30.8 Å². The lowest BCUT2D eigenvalue weighted by atomic mass is 9.85. The Hall–Kier alpha value is -3.10. The van der Waals surface area contributed by atoms with Gasteiger partial charge in [0.05, 0.1) is 0 Å². The lowest BCUT2D eigenvalue weighted by Gasteiger charge is -2.32. The van der Waals surface area contributed by atoms with E-state index >= 15 is 0 Å². The Morgan fingerprint density at radius 1 is 0.882 bits per heavy atom. The first-order valence-corrected chi connectivity index (χ1v) is 11.4. The lowest BCUT2D eigenvalue weighted by Crippen LogP contribution is -2.59. The molecule has 1 unspecified atom stereocenters. The van der Waals surface area contributed by atoms with E-state index in [2.05, 4.69) is 16.0 Å². The van der Waals surface area contributed by atoms with Crippen molar-refractivity contribution in [3.8, 4) is 0 Å². The second-order valence-corrected chi connectivity index (χ2v) is 10.5. The van der Waals surface area contributed by atoms with E-state index < -0.39 is 47.0 Å². The number of carbonyl (C=O) groups is 4. The molecule has 0 heterocycles. The number of esters is 1. The summed E-state index contributed by atoms with van der Waals surface area (Å²) in [6.07, 6.45) is -0.737. The van der Waals surface area contributed by atoms with E-state index in [0.29, 0.717) is 0 Å². The summed E-state index contributed by atoms with van der Waals surface area (Å²) in [5.41, 5.74) is -0.522. The maximum atomic E-state index is 13.0. The molecule has 0 spiro atoms. The quantitative estimate of drug-likeness (QED) is 0.470. The summed E-state index contributed by atoms with van der Waals surface area (Å²) < 4.78 is 10.4. The molecule has 1 aromatic rings. The Labute approximate surface area is 202 Å². The molecule has 0 aliphatic carbocycles. The van der Waals surface area contributed by atoms with Crippen LogP contribution in [0.15, 0.2) is 30.3 Å². The molecule has 3 N–H and O–H groups in total. The fraction of sp³-hybridized carbons (Fsp3) is 0.600. The first-order valence-electron chi connectivity index (χ1n) is 11.4. The first kappa shape index (κ1) is 28.9. The van der Waals surface area contributed by atoms with Crippen molar-refractivity contribution >= 4 is 23.9 Å². The zero-order valence-corrected chi connectivity index (χ0v) is 21.5. The van der Waals surface area contributed by atoms with E-state index in [0.717, 1.165) is 5.56 Å². The fourth-order valence-electron chi connectivity index (χ4n) is 2.97. The Bertz CT molecular complexity index is 840. The number of nitrogens with one attached hydrogen (secondary N) is 3. The SMILES string of the molecule is CC(C)[C@H](NC(=O)OCc1ccccc1)C(=O)NC(C(=O)NCC(=O)OC(C)(C)C)C(C)(C)C. The van der Waals surface area contributed by atoms with Gasteiger partial charge in [-0.05, 0) is 37.7 Å². The predicted molar refractivity (Wildman–Crippen MR) is 129 cm³/mol. The minimum absolute atomic E-state index is 0.0663. The van der Waals surface area contributed by atoms with Gasteiger partial charge in [-0.2, -0.15) is 0 Å². The molecule has 0 radical (unpaired) electrons. The Morgan fingerprint density at radius 3 is 1.97 bits per heavy atom. The van der Waals surface area contributed by atoms with Crippen molar-refractivity contribution in [2.45, 2.75) is 79.7 Å². The molecule has 1 aromatic carbocycles. The fourth-order valence-corrected chi connectivity index (χ4v) is 2.97. The van der Waals surface area contributed by atoms with Crippen molar-refractivity contribution in [3.05, 3.63) is 35.9 Å². The molecule has 0 saturated carbocycles. The largest absolute Gasteiger partial charge is 0.459 e. The van der Waals surface area contributed by atoms with Crippen LogP contribution in [0.3, 0.4) is 0 Å². The topological polar surface area (TPSA) is 123 Å². The second-order valence-electron chi connectivity index (χ2n) is 10.5. The average Bonchev–Trinajstić information content (AvgIpc) is 2.71. The van der Waals surface area contributed by atoms with Gasteiger partial charge in [-0.1, -0.05) is 65.0 Å². The molecule has 9 heteroatoms. The number of benzene rings is 1. The van der Waals surface area contributed by atoms with E-state index in [1.807, 2.05) is 30.3 Å². The zero-order valence-electron chi connectivity index (χ0n) is 21.5. The van der Waals surface area contributed by atoms with Gasteiger partial charge < -0.3 is 25.4 Å². The van der Waals surface area contributed by atoms with Gasteiger partial charge in [-0.3, -0.25) is 14.4 Å². The van der Waals surface area contributed by atoms with Crippen LogP contribution in [0.25, 0.3) is 0 Å². The number of ether oxygens (including phenoxy) is 2. The number of alkyl carbamates (subject to hydrolysis) is 1. The van der Waals surface area contributed by atoms with Gasteiger partial charge >= 0.3 is 12.1 Å². The first-order chi connectivity index (χ1) is 15.6. The summed E-state index contributed by atoms with van der Waals surface area (Å²) in [7, 11) is 0. The van der Waals surface area contributed by atoms with Crippen molar-refractivity contribution in [1.82, 2.24) is 16.0 Å². The number of carbonyl (C=O) groups excluding carboxylic acids is 4. The van der Waals surface area contributed by atoms with Crippen molar-refractivity contribution in [2.75, 3.05) is 6.54 Å². The van der Waals surface area contributed by atoms with Crippen LogP contribution < -0.4 is 16.0 Å². The maximum Gasteiger partial charge on any atom is 0.408 e. The van der Waals surface area contributed by atoms with Crippen LogP contribution in [0.5, 0.6) is 0 Å². The molecular weight excluding hydrogens is 438 g/mol. The molecule has 0 fully saturated rings. The highest BCUT2D eigenvalue weighted by Crippen LogP contribution is 2.20. The van der Waals surface area contributed by atoms with Crippen molar-refractivity contribution in [2.24, 2.45) is 11.3 Å². The summed E-state index contributed by atoms with van der Waals surface area (Å²) in [6, 6.07) is 7.30. The molecule has 0 aliphatic rings. The average molecular weight is 478 g/mol. The maximum absolute atomic E-state index is 13.0. The van der Waals surface area contributed by atoms with Gasteiger partial charge in [0.2, 0.25) is 11.8 Å². The summed E-state index contributed by atoms with van der Waals surface area (Å²) in [4.78, 5) is 50.1. The van der Waals surface area contributed by atoms with Gasteiger partial charge in [0, 0.05) is 0 Å². The summed E-state index contributed by atoms with van der Waals surface area (Å²) in [5, 5.41) is 7.82. The van der Waals surface area contributed by atoms with Crippen LogP contribution in [0.4, 0.5) is 4.79 Å². The molecular formula is C25H39N3O6. The van der Waals surface area contributed by atoms with E-state index in [9.17, 15) is 19.2 Å². The molecule has 0 bridgehead atoms. The number of hydrogen-bond donors (Lipinski definition) is 3. The normalized spacial score (nSPS) is 13.4. The van der Waals surface area contributed by atoms with Gasteiger partial charge in [0.25, 0.3) is 0 Å². The van der Waals surface area contributed by atoms with E-state index in [1.54, 1.807) is 55.4 Å². The molecule has 190 valence electrons. The molecule has 0 aromatic heterocycles. The van der Waals surface area contributed by atoms with Crippen LogP contribution in [0.2, 0.25) is 0 Å². The minimum atomic E-state index is -0.953. The molecule has 2 atom stereocenters. The molecule has 3 amide bonds. The van der Waals surface area contributed by atoms with Gasteiger partial charge in [0.15, 0.2) is 0 Å². The Morgan fingerprint density at radius 2 is 1.47 bits per heavy atom. The Balaban J connectivity index is 2.78. The number of hydrogen-bond acceptors (Lipinski definition) is 6. The summed E-state index contributed by atoms with van der Waals surface area (Å²) in [5.74, 6) is -1.91. The van der Waals surface area contributed by atoms with Crippen LogP contribution in [0.1, 0.15) is 61.0 Å². The monoisotopic (exact) mass is 477 g/mol. The second kappa shape index (κ2) is 12.4. The summed E-state index contributed by atoms with van der Waals surface area (Å²) >= 11 is 0. The highest BCUT2D eigenvalue weighted by atomic mass is 16.6. The standard InChI is InChI=1S/C25H39N3O6/c1-16(2)19(27-23(32)33-15-17-12-10-9-11-13-17)21(30)28-20(24(3,4)5)22(31)26-14-18(29)34-25(6,7)8/h9-13,16,19-20H,14-15H2,1-8H3,(H,26,31)(H,27,32)(H,28,30)/t19-,20?/m0/s1. The highest BCUT2D eigenvalue weighted by molar-refractivity contribution is 5.93. The third kappa shape index (κ3) is 10.7. The number of amides is 3. The molecule has 34 heavy (non-hydrogen) atoms. The van der Waals surface area contributed by atoms with E-state index in [4.69, 9.17) is 9.47 Å². The lowest BCUT2D eigenvalue weighted by molar-refractivity contribution is -0.154. The third-order valence-electron chi connectivity index (χ3n) is 4.68. The van der Waals surface area contributed by atoms with Gasteiger partial charge in [-0.15, -0.1) is 0 Å². The zero-order chi connectivity index (χ0) is 26.1. The Kier molecular flexibility index (Phi) is 10.5. The number of rotatable bonds is 9. The van der Waals surface area contributed by atoms with Crippen LogP contribution in [-0.4, -0.2) is 48.1 Å². The van der Waals surface area contributed by atoms with Crippen LogP contribution in [0, 0.1) is 11.3 Å². The molecule has 0 saturated heterocycles. The highest BCUT2D eigenvalue weighted by Gasteiger charge is 2.36. The minimum Gasteiger partial charge on any atom is -0.459 e.